The van der Waals surface area contributed by atoms with E-state index in [1.165, 1.54) is 10.8 Å². The van der Waals surface area contributed by atoms with Crippen LogP contribution in [0, 0.1) is 0 Å². The number of carbonyl (C=O) groups excluding carboxylic acids is 1. The monoisotopic (exact) mass is 474 g/mol. The predicted molar refractivity (Wildman–Crippen MR) is 122 cm³/mol. The van der Waals surface area contributed by atoms with Crippen LogP contribution in [0.25, 0.3) is 11.1 Å². The third kappa shape index (κ3) is 5.13. The summed E-state index contributed by atoms with van der Waals surface area (Å²) in [5.41, 5.74) is 0.392. The molecule has 0 amide bonds. The lowest BCUT2D eigenvalue weighted by Crippen LogP contribution is -2.42. The molecule has 4 rings (SSSR count). The van der Waals surface area contributed by atoms with Gasteiger partial charge in [-0.1, -0.05) is 24.3 Å². The van der Waals surface area contributed by atoms with Crippen molar-refractivity contribution in [2.45, 2.75) is 37.5 Å². The number of aliphatic hydroxyl groups excluding tert-OH is 2. The summed E-state index contributed by atoms with van der Waals surface area (Å²) in [4.78, 5) is 43.3. The molecule has 0 bridgehead atoms. The summed E-state index contributed by atoms with van der Waals surface area (Å²) in [5.74, 6) is -0.251. The highest BCUT2D eigenvalue weighted by molar-refractivity contribution is 5.70. The molecule has 1 unspecified atom stereocenters. The van der Waals surface area contributed by atoms with Crippen LogP contribution in [0.3, 0.4) is 0 Å². The Hall–Kier alpha value is -2.83. The van der Waals surface area contributed by atoms with Crippen molar-refractivity contribution in [1.82, 2.24) is 19.4 Å². The summed E-state index contributed by atoms with van der Waals surface area (Å²) >= 11 is 0. The number of H-pyrrole nitrogens is 1. The van der Waals surface area contributed by atoms with E-state index in [4.69, 9.17) is 9.47 Å². The summed E-state index contributed by atoms with van der Waals surface area (Å²) in [5, 5.41) is 19.3. The Labute approximate surface area is 196 Å². The van der Waals surface area contributed by atoms with Crippen molar-refractivity contribution in [3.8, 4) is 11.1 Å². The number of ether oxygens (including phenoxy) is 2. The first-order chi connectivity index (χ1) is 16.3. The maximum absolute atomic E-state index is 12.5. The molecule has 0 radical (unpaired) electrons. The Morgan fingerprint density at radius 3 is 2.56 bits per heavy atom. The minimum Gasteiger partial charge on any atom is -0.442 e. The molecule has 2 aliphatic heterocycles. The van der Waals surface area contributed by atoms with Crippen molar-refractivity contribution >= 4 is 5.97 Å². The standard InChI is InChI=1S/C23H30N4O7/c1-25(2)9-10-26-8-7-20(30)34-22(26)15-5-3-14(4-6-15)16-12-27(23(32)24-21(16)31)19-11-17(29)18(13-28)33-19/h3-6,12,17-19,22,28-29H,7-11,13H2,1-2H3,(H,24,31,32)/t17-,18-,19-,22?/m1/s1. The number of hydrogen-bond acceptors (Lipinski definition) is 9. The van der Waals surface area contributed by atoms with Crippen molar-refractivity contribution in [1.29, 1.82) is 0 Å². The number of cyclic esters (lactones) is 1. The van der Waals surface area contributed by atoms with Crippen molar-refractivity contribution < 1.29 is 24.5 Å². The van der Waals surface area contributed by atoms with Gasteiger partial charge in [-0.05, 0) is 19.7 Å². The summed E-state index contributed by atoms with van der Waals surface area (Å²) in [6.45, 7) is 1.78. The van der Waals surface area contributed by atoms with Gasteiger partial charge in [-0.3, -0.25) is 24.0 Å². The Kier molecular flexibility index (Phi) is 7.29. The number of rotatable bonds is 7. The number of carbonyl (C=O) groups is 1. The highest BCUT2D eigenvalue weighted by Crippen LogP contribution is 2.30. The van der Waals surface area contributed by atoms with Gasteiger partial charge in [-0.2, -0.15) is 0 Å². The van der Waals surface area contributed by atoms with Gasteiger partial charge in [0.25, 0.3) is 5.56 Å². The van der Waals surface area contributed by atoms with E-state index < -0.39 is 35.9 Å². The molecule has 0 aliphatic carbocycles. The maximum Gasteiger partial charge on any atom is 0.330 e. The Bertz CT molecular complexity index is 1130. The molecular formula is C23H30N4O7. The topological polar surface area (TPSA) is 137 Å². The normalized spacial score (nSPS) is 25.6. The largest absolute Gasteiger partial charge is 0.442 e. The minimum atomic E-state index is -0.912. The molecule has 0 spiro atoms. The SMILES string of the molecule is CN(C)CCN1CCC(=O)OC1c1ccc(-c2cn([C@H]3C[C@@H](O)[C@@H](CO)O3)c(=O)[nH]c2=O)cc1. The van der Waals surface area contributed by atoms with E-state index in [0.29, 0.717) is 18.5 Å². The molecule has 2 aliphatic rings. The van der Waals surface area contributed by atoms with Crippen LogP contribution in [-0.4, -0.2) is 88.1 Å². The van der Waals surface area contributed by atoms with Gasteiger partial charge in [-0.25, -0.2) is 4.79 Å². The molecular weight excluding hydrogens is 444 g/mol. The average molecular weight is 475 g/mol. The molecule has 3 N–H and O–H groups in total. The number of nitrogens with one attached hydrogen (secondary N) is 1. The minimum absolute atomic E-state index is 0.116. The summed E-state index contributed by atoms with van der Waals surface area (Å²) in [6, 6.07) is 7.08. The molecule has 11 nitrogen and oxygen atoms in total. The van der Waals surface area contributed by atoms with Gasteiger partial charge in [0.1, 0.15) is 12.3 Å². The molecule has 3 heterocycles. The van der Waals surface area contributed by atoms with E-state index >= 15 is 0 Å². The van der Waals surface area contributed by atoms with Gasteiger partial charge in [-0.15, -0.1) is 0 Å². The zero-order chi connectivity index (χ0) is 24.4. The van der Waals surface area contributed by atoms with Gasteiger partial charge in [0.05, 0.1) is 24.7 Å². The lowest BCUT2D eigenvalue weighted by atomic mass is 10.0. The number of benzene rings is 1. The zero-order valence-corrected chi connectivity index (χ0v) is 19.2. The Morgan fingerprint density at radius 1 is 1.18 bits per heavy atom. The highest BCUT2D eigenvalue weighted by Gasteiger charge is 2.35. The number of hydrogen-bond donors (Lipinski definition) is 3. The molecule has 4 atom stereocenters. The van der Waals surface area contributed by atoms with Gasteiger partial charge in [0, 0.05) is 37.8 Å². The van der Waals surface area contributed by atoms with Crippen LogP contribution in [0.5, 0.6) is 0 Å². The van der Waals surface area contributed by atoms with Crippen LogP contribution >= 0.6 is 0 Å². The molecule has 1 aromatic carbocycles. The zero-order valence-electron chi connectivity index (χ0n) is 19.2. The third-order valence-corrected chi connectivity index (χ3v) is 6.18. The van der Waals surface area contributed by atoms with Gasteiger partial charge >= 0.3 is 11.7 Å². The van der Waals surface area contributed by atoms with Gasteiger partial charge in [0.15, 0.2) is 6.23 Å². The second kappa shape index (κ2) is 10.2. The smallest absolute Gasteiger partial charge is 0.330 e. The molecule has 184 valence electrons. The first kappa shape index (κ1) is 24.3. The highest BCUT2D eigenvalue weighted by atomic mass is 16.6. The number of aromatic amines is 1. The Morgan fingerprint density at radius 2 is 1.91 bits per heavy atom. The summed E-state index contributed by atoms with van der Waals surface area (Å²) in [7, 11) is 3.97. The molecule has 0 saturated carbocycles. The third-order valence-electron chi connectivity index (χ3n) is 6.18. The average Bonchev–Trinajstić information content (AvgIpc) is 3.18. The summed E-state index contributed by atoms with van der Waals surface area (Å²) < 4.78 is 12.4. The fourth-order valence-electron chi connectivity index (χ4n) is 4.23. The predicted octanol–water partition coefficient (Wildman–Crippen LogP) is -0.347. The van der Waals surface area contributed by atoms with Gasteiger partial charge in [0.2, 0.25) is 0 Å². The Balaban J connectivity index is 1.59. The summed E-state index contributed by atoms with van der Waals surface area (Å²) in [6.07, 6.45) is -1.16. The van der Waals surface area contributed by atoms with Crippen molar-refractivity contribution in [2.24, 2.45) is 0 Å². The molecule has 11 heteroatoms. The number of aromatic nitrogens is 2. The lowest BCUT2D eigenvalue weighted by molar-refractivity contribution is -0.170. The van der Waals surface area contributed by atoms with Crippen molar-refractivity contribution in [2.75, 3.05) is 40.3 Å². The first-order valence-electron chi connectivity index (χ1n) is 11.2. The number of esters is 1. The molecule has 2 fully saturated rings. The first-order valence-corrected chi connectivity index (χ1v) is 11.2. The van der Waals surface area contributed by atoms with Crippen LogP contribution in [0.2, 0.25) is 0 Å². The fraction of sp³-hybridized carbons (Fsp3) is 0.522. The van der Waals surface area contributed by atoms with Gasteiger partial charge < -0.3 is 24.6 Å². The van der Waals surface area contributed by atoms with Crippen molar-refractivity contribution in [3.05, 3.63) is 56.9 Å². The van der Waals surface area contributed by atoms with Crippen molar-refractivity contribution in [3.63, 3.8) is 0 Å². The fourth-order valence-corrected chi connectivity index (χ4v) is 4.23. The molecule has 34 heavy (non-hydrogen) atoms. The van der Waals surface area contributed by atoms with E-state index in [0.717, 1.165) is 18.7 Å². The second-order valence-corrected chi connectivity index (χ2v) is 8.88. The number of likely N-dealkylation sites (N-methyl/N-ethyl adjacent to an activating group) is 1. The van der Waals surface area contributed by atoms with E-state index in [1.807, 2.05) is 14.1 Å². The van der Waals surface area contributed by atoms with E-state index in [-0.39, 0.29) is 24.6 Å². The van der Waals surface area contributed by atoms with E-state index in [2.05, 4.69) is 14.8 Å². The van der Waals surface area contributed by atoms with Crippen LogP contribution < -0.4 is 11.2 Å². The molecule has 1 aromatic heterocycles. The second-order valence-electron chi connectivity index (χ2n) is 8.88. The van der Waals surface area contributed by atoms with Crippen LogP contribution in [0.15, 0.2) is 40.1 Å². The lowest BCUT2D eigenvalue weighted by Gasteiger charge is -2.35. The van der Waals surface area contributed by atoms with Crippen LogP contribution in [0.4, 0.5) is 0 Å². The molecule has 2 saturated heterocycles. The molecule has 2 aromatic rings. The van der Waals surface area contributed by atoms with E-state index in [9.17, 15) is 24.6 Å². The number of nitrogens with zero attached hydrogens (tertiary/aromatic N) is 3. The van der Waals surface area contributed by atoms with E-state index in [1.54, 1.807) is 24.3 Å². The maximum atomic E-state index is 12.5. The van der Waals surface area contributed by atoms with Crippen LogP contribution in [0.1, 0.15) is 30.9 Å². The van der Waals surface area contributed by atoms with Crippen LogP contribution in [-0.2, 0) is 14.3 Å². The number of aliphatic hydroxyl groups is 2. The quantitative estimate of drug-likeness (QED) is 0.460.